The van der Waals surface area contributed by atoms with Crippen molar-refractivity contribution in [3.63, 3.8) is 0 Å². The first kappa shape index (κ1) is 10.1. The monoisotopic (exact) mass is 265 g/mol. The molecule has 0 unspecified atom stereocenters. The van der Waals surface area contributed by atoms with Gasteiger partial charge >= 0.3 is 0 Å². The summed E-state index contributed by atoms with van der Waals surface area (Å²) in [6, 6.07) is 7.09. The van der Waals surface area contributed by atoms with E-state index in [0.717, 1.165) is 15.4 Å². The van der Waals surface area contributed by atoms with Crippen LogP contribution in [0.4, 0.5) is 0 Å². The molecule has 0 saturated carbocycles. The molecule has 1 amide bonds. The molecule has 0 radical (unpaired) electrons. The van der Waals surface area contributed by atoms with Crippen molar-refractivity contribution in [3.8, 4) is 0 Å². The number of hydrogen-bond acceptors (Lipinski definition) is 3. The van der Waals surface area contributed by atoms with E-state index >= 15 is 0 Å². The Morgan fingerprint density at radius 1 is 1.40 bits per heavy atom. The van der Waals surface area contributed by atoms with Crippen molar-refractivity contribution < 1.29 is 4.79 Å². The van der Waals surface area contributed by atoms with E-state index in [9.17, 15) is 4.79 Å². The van der Waals surface area contributed by atoms with Gasteiger partial charge in [0.05, 0.1) is 11.1 Å². The van der Waals surface area contributed by atoms with Gasteiger partial charge in [0.15, 0.2) is 0 Å². The molecule has 0 saturated heterocycles. The molecule has 0 aliphatic carbocycles. The lowest BCUT2D eigenvalue weighted by Gasteiger charge is -2.05. The van der Waals surface area contributed by atoms with E-state index in [2.05, 4.69) is 26.3 Å². The van der Waals surface area contributed by atoms with Gasteiger partial charge in [-0.2, -0.15) is 0 Å². The number of fused-ring (bicyclic) bond motifs is 1. The Morgan fingerprint density at radius 2 is 2.20 bits per heavy atom. The third-order valence-corrected chi connectivity index (χ3v) is 2.74. The highest BCUT2D eigenvalue weighted by Gasteiger charge is 2.10. The van der Waals surface area contributed by atoms with Gasteiger partial charge in [0, 0.05) is 16.1 Å². The minimum atomic E-state index is -0.319. The van der Waals surface area contributed by atoms with Crippen molar-refractivity contribution in [2.75, 3.05) is 0 Å². The van der Waals surface area contributed by atoms with E-state index in [0.29, 0.717) is 5.56 Å². The van der Waals surface area contributed by atoms with Gasteiger partial charge in [-0.15, -0.1) is 0 Å². The smallest absolute Gasteiger partial charge is 0.265 e. The summed E-state index contributed by atoms with van der Waals surface area (Å²) in [6.45, 7) is 0. The van der Waals surface area contributed by atoms with E-state index in [1.165, 1.54) is 0 Å². The van der Waals surface area contributed by atoms with Crippen LogP contribution in [0.3, 0.4) is 0 Å². The van der Waals surface area contributed by atoms with Gasteiger partial charge in [0.25, 0.3) is 5.91 Å². The van der Waals surface area contributed by atoms with Crippen LogP contribution >= 0.6 is 15.9 Å². The van der Waals surface area contributed by atoms with E-state index in [4.69, 9.17) is 5.84 Å². The maximum absolute atomic E-state index is 11.5. The standard InChI is InChI=1S/C10H8BrN3O/c11-8-4-3-7(10(15)14-12)6-2-1-5-13-9(6)8/h1-5H,12H2,(H,14,15). The number of hydrogen-bond donors (Lipinski definition) is 2. The van der Waals surface area contributed by atoms with E-state index < -0.39 is 0 Å². The maximum atomic E-state index is 11.5. The Bertz CT molecular complexity index is 527. The number of benzene rings is 1. The van der Waals surface area contributed by atoms with Crippen LogP contribution in [-0.4, -0.2) is 10.9 Å². The van der Waals surface area contributed by atoms with Crippen molar-refractivity contribution in [2.45, 2.75) is 0 Å². The molecule has 0 bridgehead atoms. The average molecular weight is 266 g/mol. The predicted octanol–water partition coefficient (Wildman–Crippen LogP) is 1.60. The Balaban J connectivity index is 2.77. The van der Waals surface area contributed by atoms with E-state index in [1.807, 2.05) is 6.07 Å². The Hall–Kier alpha value is -1.46. The molecule has 1 heterocycles. The zero-order valence-corrected chi connectivity index (χ0v) is 9.28. The molecule has 2 aromatic rings. The normalized spacial score (nSPS) is 10.3. The third kappa shape index (κ3) is 1.71. The summed E-state index contributed by atoms with van der Waals surface area (Å²) < 4.78 is 0.853. The second kappa shape index (κ2) is 3.96. The molecular weight excluding hydrogens is 258 g/mol. The molecule has 0 atom stereocenters. The molecule has 0 spiro atoms. The molecule has 3 N–H and O–H groups in total. The summed E-state index contributed by atoms with van der Waals surface area (Å²) in [7, 11) is 0. The largest absolute Gasteiger partial charge is 0.290 e. The lowest BCUT2D eigenvalue weighted by atomic mass is 10.1. The third-order valence-electron chi connectivity index (χ3n) is 2.10. The van der Waals surface area contributed by atoms with Gasteiger partial charge in [-0.3, -0.25) is 15.2 Å². The summed E-state index contributed by atoms with van der Waals surface area (Å²) in [5.41, 5.74) is 3.38. The van der Waals surface area contributed by atoms with Gasteiger partial charge in [0.1, 0.15) is 0 Å². The number of carbonyl (C=O) groups excluding carboxylic acids is 1. The van der Waals surface area contributed by atoms with Crippen molar-refractivity contribution in [2.24, 2.45) is 5.84 Å². The van der Waals surface area contributed by atoms with E-state index in [-0.39, 0.29) is 5.91 Å². The van der Waals surface area contributed by atoms with Crippen molar-refractivity contribution in [3.05, 3.63) is 40.5 Å². The minimum absolute atomic E-state index is 0.319. The maximum Gasteiger partial charge on any atom is 0.265 e. The second-order valence-electron chi connectivity index (χ2n) is 2.97. The number of nitrogen functional groups attached to an aromatic ring is 1. The first-order valence-corrected chi connectivity index (χ1v) is 5.07. The van der Waals surface area contributed by atoms with Crippen molar-refractivity contribution in [1.29, 1.82) is 0 Å². The molecule has 4 nitrogen and oxygen atoms in total. The quantitative estimate of drug-likeness (QED) is 0.468. The Labute approximate surface area is 94.6 Å². The summed E-state index contributed by atoms with van der Waals surface area (Å²) in [6.07, 6.45) is 1.68. The lowest BCUT2D eigenvalue weighted by Crippen LogP contribution is -2.30. The molecule has 15 heavy (non-hydrogen) atoms. The average Bonchev–Trinajstić information content (AvgIpc) is 2.29. The Kier molecular flexibility index (Phi) is 2.66. The molecule has 76 valence electrons. The number of carbonyl (C=O) groups is 1. The van der Waals surface area contributed by atoms with Crippen LogP contribution < -0.4 is 11.3 Å². The van der Waals surface area contributed by atoms with Gasteiger partial charge < -0.3 is 0 Å². The summed E-state index contributed by atoms with van der Waals surface area (Å²) in [5, 5.41) is 0.773. The van der Waals surface area contributed by atoms with Crippen molar-refractivity contribution in [1.82, 2.24) is 10.4 Å². The zero-order valence-electron chi connectivity index (χ0n) is 7.70. The van der Waals surface area contributed by atoms with Crippen LogP contribution in [0.1, 0.15) is 10.4 Å². The number of halogens is 1. The predicted molar refractivity (Wildman–Crippen MR) is 61.1 cm³/mol. The van der Waals surface area contributed by atoms with Gasteiger partial charge in [-0.1, -0.05) is 6.07 Å². The number of hydrazine groups is 1. The van der Waals surface area contributed by atoms with Gasteiger partial charge in [0.2, 0.25) is 0 Å². The fourth-order valence-electron chi connectivity index (χ4n) is 1.41. The van der Waals surface area contributed by atoms with Crippen LogP contribution in [0.5, 0.6) is 0 Å². The van der Waals surface area contributed by atoms with Crippen LogP contribution in [0, 0.1) is 0 Å². The lowest BCUT2D eigenvalue weighted by molar-refractivity contribution is 0.0955. The molecule has 0 aliphatic heterocycles. The number of nitrogens with two attached hydrogens (primary N) is 1. The number of aromatic nitrogens is 1. The molecule has 0 fully saturated rings. The van der Waals surface area contributed by atoms with Crippen LogP contribution in [0.25, 0.3) is 10.9 Å². The molecule has 1 aromatic heterocycles. The summed E-state index contributed by atoms with van der Waals surface area (Å²) >= 11 is 3.38. The molecule has 5 heteroatoms. The number of amides is 1. The number of pyridine rings is 1. The first-order valence-electron chi connectivity index (χ1n) is 4.28. The number of nitrogens with one attached hydrogen (secondary N) is 1. The molecule has 1 aromatic carbocycles. The van der Waals surface area contributed by atoms with Crippen LogP contribution in [0.15, 0.2) is 34.9 Å². The summed E-state index contributed by atoms with van der Waals surface area (Å²) in [4.78, 5) is 15.6. The highest BCUT2D eigenvalue weighted by Crippen LogP contribution is 2.24. The molecule has 0 aliphatic rings. The molecule has 2 rings (SSSR count). The topological polar surface area (TPSA) is 68.0 Å². The highest BCUT2D eigenvalue weighted by molar-refractivity contribution is 9.10. The first-order chi connectivity index (χ1) is 7.24. The minimum Gasteiger partial charge on any atom is -0.290 e. The molecular formula is C10H8BrN3O. The van der Waals surface area contributed by atoms with E-state index in [1.54, 1.807) is 24.4 Å². The second-order valence-corrected chi connectivity index (χ2v) is 3.82. The van der Waals surface area contributed by atoms with Crippen molar-refractivity contribution >= 4 is 32.7 Å². The SMILES string of the molecule is NNC(=O)c1ccc(Br)c2ncccc12. The van der Waals surface area contributed by atoms with Crippen LogP contribution in [-0.2, 0) is 0 Å². The van der Waals surface area contributed by atoms with Gasteiger partial charge in [-0.05, 0) is 34.1 Å². The number of nitrogens with zero attached hydrogens (tertiary/aromatic N) is 1. The van der Waals surface area contributed by atoms with Gasteiger partial charge in [-0.25, -0.2) is 5.84 Å². The summed E-state index contributed by atoms with van der Waals surface area (Å²) in [5.74, 6) is 4.78. The zero-order chi connectivity index (χ0) is 10.8. The fourth-order valence-corrected chi connectivity index (χ4v) is 1.86. The number of rotatable bonds is 1. The highest BCUT2D eigenvalue weighted by atomic mass is 79.9. The van der Waals surface area contributed by atoms with Crippen LogP contribution in [0.2, 0.25) is 0 Å². The Morgan fingerprint density at radius 3 is 2.93 bits per heavy atom. The fraction of sp³-hybridized carbons (Fsp3) is 0.